The normalized spacial score (nSPS) is 11.1. The molecule has 1 N–H and O–H groups in total. The first-order valence-electron chi connectivity index (χ1n) is 9.21. The second-order valence-corrected chi connectivity index (χ2v) is 7.61. The number of pyridine rings is 1. The number of fused-ring (bicyclic) bond motifs is 1. The first kappa shape index (κ1) is 17.6. The highest BCUT2D eigenvalue weighted by Gasteiger charge is 2.07. The van der Waals surface area contributed by atoms with Crippen LogP contribution in [0.25, 0.3) is 22.2 Å². The van der Waals surface area contributed by atoms with E-state index in [9.17, 15) is 4.39 Å². The Hall–Kier alpha value is -3.51. The van der Waals surface area contributed by atoms with Gasteiger partial charge in [-0.2, -0.15) is 0 Å². The molecular formula is C23H17FN4S. The van der Waals surface area contributed by atoms with Crippen molar-refractivity contribution in [1.82, 2.24) is 14.5 Å². The van der Waals surface area contributed by atoms with Crippen molar-refractivity contribution < 1.29 is 4.39 Å². The summed E-state index contributed by atoms with van der Waals surface area (Å²) in [6, 6.07) is 18.9. The molecule has 3 heterocycles. The van der Waals surface area contributed by atoms with Gasteiger partial charge in [0.1, 0.15) is 5.82 Å². The van der Waals surface area contributed by atoms with Crippen molar-refractivity contribution >= 4 is 33.1 Å². The van der Waals surface area contributed by atoms with E-state index in [0.717, 1.165) is 38.5 Å². The molecule has 2 aromatic carbocycles. The molecule has 0 saturated heterocycles. The molecule has 0 aliphatic heterocycles. The molecule has 0 saturated carbocycles. The summed E-state index contributed by atoms with van der Waals surface area (Å²) in [4.78, 5) is 8.80. The van der Waals surface area contributed by atoms with Crippen molar-refractivity contribution in [2.24, 2.45) is 0 Å². The minimum absolute atomic E-state index is 0.212. The van der Waals surface area contributed by atoms with Crippen LogP contribution in [0.1, 0.15) is 5.56 Å². The first-order chi connectivity index (χ1) is 14.2. The van der Waals surface area contributed by atoms with E-state index in [1.165, 1.54) is 12.1 Å². The first-order valence-corrected chi connectivity index (χ1v) is 10.1. The van der Waals surface area contributed by atoms with Gasteiger partial charge in [-0.15, -0.1) is 11.3 Å². The molecule has 29 heavy (non-hydrogen) atoms. The van der Waals surface area contributed by atoms with Gasteiger partial charge in [0.25, 0.3) is 0 Å². The Labute approximate surface area is 171 Å². The van der Waals surface area contributed by atoms with E-state index >= 15 is 0 Å². The molecule has 0 aliphatic carbocycles. The molecule has 0 amide bonds. The van der Waals surface area contributed by atoms with Crippen LogP contribution in [0.4, 0.5) is 15.2 Å². The lowest BCUT2D eigenvalue weighted by Gasteiger charge is -2.07. The highest BCUT2D eigenvalue weighted by molar-refractivity contribution is 7.14. The number of hydrogen-bond acceptors (Lipinski definition) is 4. The van der Waals surface area contributed by atoms with Gasteiger partial charge >= 0.3 is 0 Å². The average Bonchev–Trinajstić information content (AvgIpc) is 3.38. The molecule has 0 unspecified atom stereocenters. The van der Waals surface area contributed by atoms with Gasteiger partial charge in [-0.3, -0.25) is 4.98 Å². The zero-order chi connectivity index (χ0) is 19.6. The highest BCUT2D eigenvalue weighted by Crippen LogP contribution is 2.28. The Morgan fingerprint density at radius 3 is 2.76 bits per heavy atom. The van der Waals surface area contributed by atoms with Crippen LogP contribution in [0.5, 0.6) is 0 Å². The fourth-order valence-corrected chi connectivity index (χ4v) is 4.04. The molecule has 4 nitrogen and oxygen atoms in total. The minimum atomic E-state index is -0.212. The Balaban J connectivity index is 1.36. The second-order valence-electron chi connectivity index (χ2n) is 6.75. The summed E-state index contributed by atoms with van der Waals surface area (Å²) < 4.78 is 15.3. The zero-order valence-electron chi connectivity index (χ0n) is 15.4. The van der Waals surface area contributed by atoms with Crippen LogP contribution in [0.15, 0.2) is 84.6 Å². The van der Waals surface area contributed by atoms with Gasteiger partial charge in [-0.25, -0.2) is 9.37 Å². The van der Waals surface area contributed by atoms with Crippen molar-refractivity contribution in [2.45, 2.75) is 6.54 Å². The summed E-state index contributed by atoms with van der Waals surface area (Å²) in [5.41, 5.74) is 5.11. The Bertz CT molecular complexity index is 1260. The number of nitrogens with zero attached hydrogens (tertiary/aromatic N) is 3. The number of hydrogen-bond donors (Lipinski definition) is 1. The van der Waals surface area contributed by atoms with E-state index < -0.39 is 0 Å². The molecule has 3 aromatic heterocycles. The number of anilines is 2. The maximum Gasteiger partial charge on any atom is 0.187 e. The molecule has 0 fully saturated rings. The van der Waals surface area contributed by atoms with E-state index in [1.807, 2.05) is 35.8 Å². The second kappa shape index (κ2) is 7.48. The van der Waals surface area contributed by atoms with Gasteiger partial charge < -0.3 is 9.88 Å². The summed E-state index contributed by atoms with van der Waals surface area (Å²) in [6.07, 6.45) is 5.63. The van der Waals surface area contributed by atoms with Gasteiger partial charge in [-0.05, 0) is 54.1 Å². The number of halogens is 1. The monoisotopic (exact) mass is 400 g/mol. The average molecular weight is 400 g/mol. The molecule has 0 bridgehead atoms. The Morgan fingerprint density at radius 1 is 1.03 bits per heavy atom. The van der Waals surface area contributed by atoms with Crippen LogP contribution in [-0.2, 0) is 6.54 Å². The van der Waals surface area contributed by atoms with Gasteiger partial charge in [0.05, 0.1) is 5.69 Å². The molecular weight excluding hydrogens is 383 g/mol. The highest BCUT2D eigenvalue weighted by atomic mass is 32.1. The lowest BCUT2D eigenvalue weighted by atomic mass is 10.2. The topological polar surface area (TPSA) is 42.7 Å². The third-order valence-corrected chi connectivity index (χ3v) is 5.51. The van der Waals surface area contributed by atoms with Crippen molar-refractivity contribution in [3.63, 3.8) is 0 Å². The van der Waals surface area contributed by atoms with Crippen molar-refractivity contribution in [3.8, 4) is 11.3 Å². The fourth-order valence-electron chi connectivity index (χ4n) is 3.30. The van der Waals surface area contributed by atoms with Crippen molar-refractivity contribution in [3.05, 3.63) is 96.0 Å². The molecule has 0 radical (unpaired) electrons. The predicted molar refractivity (Wildman–Crippen MR) is 116 cm³/mol. The van der Waals surface area contributed by atoms with Gasteiger partial charge in [0.2, 0.25) is 0 Å². The van der Waals surface area contributed by atoms with Crippen LogP contribution >= 0.6 is 11.3 Å². The Morgan fingerprint density at radius 2 is 1.93 bits per heavy atom. The smallest absolute Gasteiger partial charge is 0.187 e. The summed E-state index contributed by atoms with van der Waals surface area (Å²) in [6.45, 7) is 0.706. The summed E-state index contributed by atoms with van der Waals surface area (Å²) in [5.74, 6) is -0.212. The number of benzene rings is 2. The third-order valence-electron chi connectivity index (χ3n) is 4.75. The van der Waals surface area contributed by atoms with E-state index in [1.54, 1.807) is 17.5 Å². The molecule has 0 aliphatic rings. The number of aromatic nitrogens is 3. The van der Waals surface area contributed by atoms with Crippen LogP contribution in [0, 0.1) is 5.82 Å². The largest absolute Gasteiger partial charge is 0.343 e. The SMILES string of the molecule is Fc1ccc(Cn2ccc3cc(Nc4nc(-c5cccnc5)cs4)ccc32)cc1. The fraction of sp³-hybridized carbons (Fsp3) is 0.0435. The Kier molecular flexibility index (Phi) is 4.54. The van der Waals surface area contributed by atoms with E-state index in [-0.39, 0.29) is 5.82 Å². The van der Waals surface area contributed by atoms with Crippen molar-refractivity contribution in [2.75, 3.05) is 5.32 Å². The minimum Gasteiger partial charge on any atom is -0.343 e. The predicted octanol–water partition coefficient (Wildman–Crippen LogP) is 6.09. The lowest BCUT2D eigenvalue weighted by Crippen LogP contribution is -1.98. The van der Waals surface area contributed by atoms with Crippen LogP contribution in [0.2, 0.25) is 0 Å². The van der Waals surface area contributed by atoms with Gasteiger partial charge in [-0.1, -0.05) is 12.1 Å². The maximum atomic E-state index is 13.1. The number of thiazole rings is 1. The molecule has 5 rings (SSSR count). The van der Waals surface area contributed by atoms with E-state index in [4.69, 9.17) is 0 Å². The van der Waals surface area contributed by atoms with Crippen LogP contribution in [-0.4, -0.2) is 14.5 Å². The van der Waals surface area contributed by atoms with Gasteiger partial charge in [0.15, 0.2) is 5.13 Å². The maximum absolute atomic E-state index is 13.1. The van der Waals surface area contributed by atoms with Crippen molar-refractivity contribution in [1.29, 1.82) is 0 Å². The van der Waals surface area contributed by atoms with E-state index in [2.05, 4.69) is 50.3 Å². The molecule has 0 spiro atoms. The quantitative estimate of drug-likeness (QED) is 0.388. The zero-order valence-corrected chi connectivity index (χ0v) is 16.2. The summed E-state index contributed by atoms with van der Waals surface area (Å²) in [7, 11) is 0. The van der Waals surface area contributed by atoms with E-state index in [0.29, 0.717) is 6.54 Å². The molecule has 5 aromatic rings. The lowest BCUT2D eigenvalue weighted by molar-refractivity contribution is 0.626. The molecule has 0 atom stereocenters. The van der Waals surface area contributed by atoms with Gasteiger partial charge in [0, 0.05) is 52.7 Å². The summed E-state index contributed by atoms with van der Waals surface area (Å²) in [5, 5.41) is 7.39. The molecule has 142 valence electrons. The number of nitrogens with one attached hydrogen (secondary N) is 1. The third kappa shape index (κ3) is 3.75. The van der Waals surface area contributed by atoms with Crippen LogP contribution in [0.3, 0.4) is 0 Å². The summed E-state index contributed by atoms with van der Waals surface area (Å²) >= 11 is 1.57. The van der Waals surface area contributed by atoms with Crippen LogP contribution < -0.4 is 5.32 Å². The standard InChI is InChI=1S/C23H17FN4S/c24-19-5-3-16(4-6-19)14-28-11-9-17-12-20(7-8-22(17)28)26-23-27-21(15-29-23)18-2-1-10-25-13-18/h1-13,15H,14H2,(H,26,27). The molecule has 6 heteroatoms. The number of rotatable bonds is 5.